The average Bonchev–Trinajstić information content (AvgIpc) is 2.53. The van der Waals surface area contributed by atoms with E-state index in [9.17, 15) is 0 Å². The molecule has 0 unspecified atom stereocenters. The summed E-state index contributed by atoms with van der Waals surface area (Å²) in [5.41, 5.74) is 4.01. The third-order valence-electron chi connectivity index (χ3n) is 1.83. The van der Waals surface area contributed by atoms with Gasteiger partial charge in [-0.2, -0.15) is 0 Å². The molecule has 0 radical (unpaired) electrons. The van der Waals surface area contributed by atoms with Gasteiger partial charge in [-0.25, -0.2) is 4.98 Å². The molecule has 3 heteroatoms. The molecule has 0 fully saturated rings. The van der Waals surface area contributed by atoms with E-state index in [2.05, 4.69) is 4.98 Å². The molecule has 1 N–H and O–H groups in total. The van der Waals surface area contributed by atoms with Crippen molar-refractivity contribution in [2.45, 2.75) is 6.42 Å². The molecule has 1 heterocycles. The van der Waals surface area contributed by atoms with Gasteiger partial charge >= 0.3 is 0 Å². The Balaban J connectivity index is 2.57. The number of aromatic nitrogens is 1. The van der Waals surface area contributed by atoms with E-state index < -0.39 is 0 Å². The molecule has 12 heavy (non-hydrogen) atoms. The van der Waals surface area contributed by atoms with Crippen LogP contribution in [0.3, 0.4) is 0 Å². The van der Waals surface area contributed by atoms with Gasteiger partial charge in [0.25, 0.3) is 0 Å². The Labute approximate surface area is 74.5 Å². The number of hydrogen-bond acceptors (Lipinski definition) is 3. The maximum atomic E-state index is 8.79. The second kappa shape index (κ2) is 3.21. The Morgan fingerprint density at radius 2 is 2.33 bits per heavy atom. The minimum Gasteiger partial charge on any atom is -0.396 e. The summed E-state index contributed by atoms with van der Waals surface area (Å²) in [6.07, 6.45) is 0.696. The third kappa shape index (κ3) is 1.21. The lowest BCUT2D eigenvalue weighted by Gasteiger charge is -1.97. The first-order chi connectivity index (χ1) is 5.92. The lowest BCUT2D eigenvalue weighted by Crippen LogP contribution is -1.90. The second-order valence-corrected chi connectivity index (χ2v) is 3.48. The van der Waals surface area contributed by atoms with Crippen molar-refractivity contribution in [1.29, 1.82) is 0 Å². The van der Waals surface area contributed by atoms with E-state index in [1.807, 2.05) is 23.7 Å². The highest BCUT2D eigenvalue weighted by Gasteiger charge is 2.01. The molecule has 0 spiro atoms. The Morgan fingerprint density at radius 3 is 3.17 bits per heavy atom. The minimum atomic E-state index is 0.191. The van der Waals surface area contributed by atoms with Crippen molar-refractivity contribution < 1.29 is 5.11 Å². The molecule has 62 valence electrons. The number of para-hydroxylation sites is 1. The summed E-state index contributed by atoms with van der Waals surface area (Å²) in [6, 6.07) is 6.07. The number of thiazole rings is 1. The molecule has 1 aromatic carbocycles. The summed E-state index contributed by atoms with van der Waals surface area (Å²) in [4.78, 5) is 4.24. The van der Waals surface area contributed by atoms with Crippen molar-refractivity contribution in [3.8, 4) is 0 Å². The minimum absolute atomic E-state index is 0.191. The molecule has 0 saturated carbocycles. The van der Waals surface area contributed by atoms with Crippen molar-refractivity contribution in [1.82, 2.24) is 4.98 Å². The van der Waals surface area contributed by atoms with Crippen LogP contribution in [-0.4, -0.2) is 16.7 Å². The summed E-state index contributed by atoms with van der Waals surface area (Å²) < 4.78 is 1.20. The molecule has 2 rings (SSSR count). The highest BCUT2D eigenvalue weighted by atomic mass is 32.1. The van der Waals surface area contributed by atoms with E-state index >= 15 is 0 Å². The van der Waals surface area contributed by atoms with Crippen molar-refractivity contribution in [3.63, 3.8) is 0 Å². The van der Waals surface area contributed by atoms with Gasteiger partial charge in [0.05, 0.1) is 15.7 Å². The van der Waals surface area contributed by atoms with Crippen LogP contribution in [-0.2, 0) is 6.42 Å². The summed E-state index contributed by atoms with van der Waals surface area (Å²) in [5, 5.41) is 8.79. The standard InChI is InChI=1S/C9H9NOS/c11-5-4-7-2-1-3-8-9(7)10-6-12-8/h1-3,6,11H,4-5H2. The Morgan fingerprint density at radius 1 is 1.42 bits per heavy atom. The number of benzene rings is 1. The average molecular weight is 179 g/mol. The lowest BCUT2D eigenvalue weighted by molar-refractivity contribution is 0.300. The number of hydrogen-bond donors (Lipinski definition) is 1. The van der Waals surface area contributed by atoms with Crippen LogP contribution in [0.5, 0.6) is 0 Å². The van der Waals surface area contributed by atoms with Crippen LogP contribution in [0.2, 0.25) is 0 Å². The molecule has 1 aromatic heterocycles. The molecule has 0 bridgehead atoms. The van der Waals surface area contributed by atoms with Gasteiger partial charge in [-0.15, -0.1) is 11.3 Å². The zero-order valence-electron chi connectivity index (χ0n) is 6.53. The van der Waals surface area contributed by atoms with Gasteiger partial charge in [0, 0.05) is 6.61 Å². The predicted molar refractivity (Wildman–Crippen MR) is 50.4 cm³/mol. The van der Waals surface area contributed by atoms with Crippen LogP contribution >= 0.6 is 11.3 Å². The van der Waals surface area contributed by atoms with Crippen LogP contribution in [0, 0.1) is 0 Å². The van der Waals surface area contributed by atoms with Crippen molar-refractivity contribution in [3.05, 3.63) is 29.3 Å². The molecular weight excluding hydrogens is 170 g/mol. The second-order valence-electron chi connectivity index (χ2n) is 2.59. The van der Waals surface area contributed by atoms with E-state index in [-0.39, 0.29) is 6.61 Å². The fourth-order valence-corrected chi connectivity index (χ4v) is 1.99. The molecule has 2 aromatic rings. The van der Waals surface area contributed by atoms with Crippen LogP contribution < -0.4 is 0 Å². The number of rotatable bonds is 2. The zero-order chi connectivity index (χ0) is 8.39. The van der Waals surface area contributed by atoms with E-state index in [4.69, 9.17) is 5.11 Å². The Bertz CT molecular complexity index is 383. The maximum absolute atomic E-state index is 8.79. The van der Waals surface area contributed by atoms with Crippen LogP contribution in [0.25, 0.3) is 10.2 Å². The quantitative estimate of drug-likeness (QED) is 0.763. The largest absolute Gasteiger partial charge is 0.396 e. The molecule has 0 amide bonds. The summed E-state index contributed by atoms with van der Waals surface area (Å²) in [6.45, 7) is 0.191. The van der Waals surface area contributed by atoms with Crippen LogP contribution in [0.1, 0.15) is 5.56 Å². The third-order valence-corrected chi connectivity index (χ3v) is 2.62. The lowest BCUT2D eigenvalue weighted by atomic mass is 10.1. The topological polar surface area (TPSA) is 33.1 Å². The first-order valence-electron chi connectivity index (χ1n) is 3.84. The first kappa shape index (κ1) is 7.71. The number of aliphatic hydroxyl groups excluding tert-OH is 1. The maximum Gasteiger partial charge on any atom is 0.0844 e. The van der Waals surface area contributed by atoms with Gasteiger partial charge in [0.1, 0.15) is 0 Å². The predicted octanol–water partition coefficient (Wildman–Crippen LogP) is 1.83. The number of fused-ring (bicyclic) bond motifs is 1. The van der Waals surface area contributed by atoms with E-state index in [0.717, 1.165) is 11.1 Å². The monoisotopic (exact) mass is 179 g/mol. The first-order valence-corrected chi connectivity index (χ1v) is 4.72. The smallest absolute Gasteiger partial charge is 0.0844 e. The number of nitrogens with zero attached hydrogens (tertiary/aromatic N) is 1. The van der Waals surface area contributed by atoms with Gasteiger partial charge in [-0.1, -0.05) is 12.1 Å². The Kier molecular flexibility index (Phi) is 2.06. The van der Waals surface area contributed by atoms with Crippen LogP contribution in [0.4, 0.5) is 0 Å². The van der Waals surface area contributed by atoms with E-state index in [1.165, 1.54) is 4.70 Å². The van der Waals surface area contributed by atoms with Gasteiger partial charge in [-0.3, -0.25) is 0 Å². The molecule has 0 saturated heterocycles. The van der Waals surface area contributed by atoms with Gasteiger partial charge in [0.15, 0.2) is 0 Å². The molecule has 0 atom stereocenters. The highest BCUT2D eigenvalue weighted by Crippen LogP contribution is 2.21. The molecular formula is C9H9NOS. The molecule has 0 aliphatic carbocycles. The van der Waals surface area contributed by atoms with Crippen molar-refractivity contribution in [2.75, 3.05) is 6.61 Å². The fraction of sp³-hybridized carbons (Fsp3) is 0.222. The van der Waals surface area contributed by atoms with Crippen molar-refractivity contribution >= 4 is 21.6 Å². The Hall–Kier alpha value is -0.930. The fourth-order valence-electron chi connectivity index (χ4n) is 1.27. The molecule has 0 aliphatic rings. The normalized spacial score (nSPS) is 10.8. The van der Waals surface area contributed by atoms with Crippen molar-refractivity contribution in [2.24, 2.45) is 0 Å². The van der Waals surface area contributed by atoms with Gasteiger partial charge in [-0.05, 0) is 18.1 Å². The summed E-state index contributed by atoms with van der Waals surface area (Å²) in [5.74, 6) is 0. The highest BCUT2D eigenvalue weighted by molar-refractivity contribution is 7.16. The van der Waals surface area contributed by atoms with Gasteiger partial charge < -0.3 is 5.11 Å². The van der Waals surface area contributed by atoms with E-state index in [1.54, 1.807) is 11.3 Å². The summed E-state index contributed by atoms with van der Waals surface area (Å²) in [7, 11) is 0. The van der Waals surface area contributed by atoms with E-state index in [0.29, 0.717) is 6.42 Å². The molecule has 0 aliphatic heterocycles. The number of aliphatic hydroxyl groups is 1. The SMILES string of the molecule is OCCc1cccc2scnc12. The molecule has 2 nitrogen and oxygen atoms in total. The summed E-state index contributed by atoms with van der Waals surface area (Å²) >= 11 is 1.63. The zero-order valence-corrected chi connectivity index (χ0v) is 7.34. The van der Waals surface area contributed by atoms with Gasteiger partial charge in [0.2, 0.25) is 0 Å². The van der Waals surface area contributed by atoms with Crippen LogP contribution in [0.15, 0.2) is 23.7 Å².